The zero-order valence-corrected chi connectivity index (χ0v) is 12.4. The summed E-state index contributed by atoms with van der Waals surface area (Å²) in [6.07, 6.45) is 1.86. The number of piperidine rings is 1. The number of nitrogen functional groups attached to an aromatic ring is 1. The number of hydrogen-bond acceptors (Lipinski definition) is 5. The van der Waals surface area contributed by atoms with Crippen LogP contribution in [0, 0.1) is 0 Å². The monoisotopic (exact) mass is 298 g/mol. The van der Waals surface area contributed by atoms with E-state index in [2.05, 4.69) is 10.4 Å². The number of anilines is 1. The number of carbonyl (C=O) groups is 1. The second kappa shape index (κ2) is 5.95. The van der Waals surface area contributed by atoms with E-state index in [1.54, 1.807) is 24.1 Å². The van der Waals surface area contributed by atoms with E-state index >= 15 is 0 Å². The predicted molar refractivity (Wildman–Crippen MR) is 77.6 cm³/mol. The van der Waals surface area contributed by atoms with E-state index < -0.39 is 0 Å². The molecule has 1 saturated heterocycles. The lowest BCUT2D eigenvalue weighted by Crippen LogP contribution is -2.49. The van der Waals surface area contributed by atoms with Crippen molar-refractivity contribution in [2.75, 3.05) is 25.6 Å². The number of carbonyl (C=O) groups excluding carboxylic acids is 1. The summed E-state index contributed by atoms with van der Waals surface area (Å²) in [5.41, 5.74) is 2.58. The third-order valence-electron chi connectivity index (χ3n) is 3.63. The first-order valence-corrected chi connectivity index (χ1v) is 6.84. The van der Waals surface area contributed by atoms with Crippen molar-refractivity contribution in [3.63, 3.8) is 0 Å². The highest BCUT2D eigenvalue weighted by molar-refractivity contribution is 6.29. The smallest absolute Gasteiger partial charge is 0.254 e. The number of hydrogen-bond donors (Lipinski definition) is 2. The number of halogens is 1. The van der Waals surface area contributed by atoms with Crippen LogP contribution in [0.5, 0.6) is 0 Å². The van der Waals surface area contributed by atoms with Gasteiger partial charge in [0.15, 0.2) is 0 Å². The van der Waals surface area contributed by atoms with Crippen LogP contribution in [0.15, 0.2) is 12.1 Å². The van der Waals surface area contributed by atoms with Gasteiger partial charge in [0.2, 0.25) is 0 Å². The first kappa shape index (κ1) is 15.0. The Kier molecular flexibility index (Phi) is 4.47. The van der Waals surface area contributed by atoms with Crippen molar-refractivity contribution in [1.29, 1.82) is 0 Å². The molecule has 110 valence electrons. The summed E-state index contributed by atoms with van der Waals surface area (Å²) in [4.78, 5) is 18.3. The van der Waals surface area contributed by atoms with Crippen LogP contribution in [0.25, 0.3) is 0 Å². The van der Waals surface area contributed by atoms with Crippen molar-refractivity contribution in [3.8, 4) is 0 Å². The summed E-state index contributed by atoms with van der Waals surface area (Å²) in [5, 5.41) is 0.232. The zero-order chi connectivity index (χ0) is 14.8. The van der Waals surface area contributed by atoms with Crippen molar-refractivity contribution in [1.82, 2.24) is 9.88 Å². The minimum absolute atomic E-state index is 0.0891. The Balaban J connectivity index is 2.20. The molecule has 1 atom stereocenters. The Morgan fingerprint density at radius 3 is 3.00 bits per heavy atom. The normalized spacial score (nSPS) is 22.7. The number of aromatic nitrogens is 1. The summed E-state index contributed by atoms with van der Waals surface area (Å²) in [6, 6.07) is 3.14. The van der Waals surface area contributed by atoms with E-state index in [0.717, 1.165) is 12.8 Å². The van der Waals surface area contributed by atoms with Crippen LogP contribution >= 0.6 is 11.6 Å². The highest BCUT2D eigenvalue weighted by Crippen LogP contribution is 2.25. The molecule has 2 rings (SSSR count). The lowest BCUT2D eigenvalue weighted by molar-refractivity contribution is -0.0440. The van der Waals surface area contributed by atoms with Crippen LogP contribution in [-0.4, -0.2) is 41.6 Å². The number of rotatable bonds is 3. The first-order valence-electron chi connectivity index (χ1n) is 6.46. The zero-order valence-electron chi connectivity index (χ0n) is 11.6. The van der Waals surface area contributed by atoms with Gasteiger partial charge in [-0.05, 0) is 31.9 Å². The minimum atomic E-state index is -0.292. The summed E-state index contributed by atoms with van der Waals surface area (Å²) in [5.74, 6) is 5.59. The van der Waals surface area contributed by atoms with Crippen LogP contribution in [-0.2, 0) is 4.74 Å². The number of nitrogens with zero attached hydrogens (tertiary/aromatic N) is 2. The number of pyridine rings is 1. The van der Waals surface area contributed by atoms with Gasteiger partial charge in [0.25, 0.3) is 5.91 Å². The van der Waals surface area contributed by atoms with Crippen LogP contribution in [0.4, 0.5) is 5.82 Å². The highest BCUT2D eigenvalue weighted by atomic mass is 35.5. The first-order chi connectivity index (χ1) is 9.47. The van der Waals surface area contributed by atoms with Crippen LogP contribution in [0.3, 0.4) is 0 Å². The minimum Gasteiger partial charge on any atom is -0.377 e. The van der Waals surface area contributed by atoms with Crippen LogP contribution < -0.4 is 11.3 Å². The fourth-order valence-electron chi connectivity index (χ4n) is 2.42. The third kappa shape index (κ3) is 3.20. The van der Waals surface area contributed by atoms with Gasteiger partial charge in [-0.15, -0.1) is 0 Å². The molecule has 0 bridgehead atoms. The van der Waals surface area contributed by atoms with E-state index in [1.165, 1.54) is 0 Å². The largest absolute Gasteiger partial charge is 0.377 e. The lowest BCUT2D eigenvalue weighted by atomic mass is 9.94. The summed E-state index contributed by atoms with van der Waals surface area (Å²) < 4.78 is 5.50. The molecule has 1 amide bonds. The molecule has 20 heavy (non-hydrogen) atoms. The maximum Gasteiger partial charge on any atom is 0.254 e. The van der Waals surface area contributed by atoms with E-state index in [-0.39, 0.29) is 16.7 Å². The third-order valence-corrected chi connectivity index (χ3v) is 3.82. The Morgan fingerprint density at radius 1 is 1.60 bits per heavy atom. The molecule has 1 aliphatic rings. The van der Waals surface area contributed by atoms with E-state index in [1.807, 2.05) is 6.92 Å². The number of nitrogens with one attached hydrogen (secondary N) is 1. The molecule has 0 radical (unpaired) electrons. The molecule has 0 spiro atoms. The van der Waals surface area contributed by atoms with Gasteiger partial charge in [-0.1, -0.05) is 11.6 Å². The van der Waals surface area contributed by atoms with Gasteiger partial charge in [0.05, 0.1) is 5.60 Å². The van der Waals surface area contributed by atoms with Crippen molar-refractivity contribution in [2.24, 2.45) is 5.84 Å². The average molecular weight is 299 g/mol. The van der Waals surface area contributed by atoms with Crippen LogP contribution in [0.1, 0.15) is 30.1 Å². The molecular formula is C13H19ClN4O2. The molecule has 0 saturated carbocycles. The molecule has 1 fully saturated rings. The molecule has 1 unspecified atom stereocenters. The number of amides is 1. The molecule has 1 aromatic rings. The lowest BCUT2D eigenvalue weighted by Gasteiger charge is -2.39. The predicted octanol–water partition coefficient (Wildman–Crippen LogP) is 1.66. The van der Waals surface area contributed by atoms with Gasteiger partial charge >= 0.3 is 0 Å². The fourth-order valence-corrected chi connectivity index (χ4v) is 2.63. The molecule has 0 aromatic carbocycles. The van der Waals surface area contributed by atoms with Gasteiger partial charge in [0, 0.05) is 25.8 Å². The molecule has 1 aromatic heterocycles. The quantitative estimate of drug-likeness (QED) is 0.504. The summed E-state index contributed by atoms with van der Waals surface area (Å²) in [6.45, 7) is 3.29. The maximum absolute atomic E-state index is 12.5. The van der Waals surface area contributed by atoms with Crippen molar-refractivity contribution >= 4 is 23.3 Å². The van der Waals surface area contributed by atoms with E-state index in [9.17, 15) is 4.79 Å². The number of nitrogens with two attached hydrogens (primary N) is 1. The number of ether oxygens (including phenoxy) is 1. The van der Waals surface area contributed by atoms with Gasteiger partial charge in [-0.25, -0.2) is 10.8 Å². The molecule has 1 aliphatic heterocycles. The molecule has 6 nitrogen and oxygen atoms in total. The number of hydrazine groups is 1. The van der Waals surface area contributed by atoms with E-state index in [4.69, 9.17) is 22.2 Å². The van der Waals surface area contributed by atoms with E-state index in [0.29, 0.717) is 24.5 Å². The van der Waals surface area contributed by atoms with Crippen LogP contribution in [0.2, 0.25) is 5.15 Å². The van der Waals surface area contributed by atoms with Crippen molar-refractivity contribution in [2.45, 2.75) is 25.4 Å². The average Bonchev–Trinajstić information content (AvgIpc) is 2.45. The Morgan fingerprint density at radius 2 is 2.35 bits per heavy atom. The fraction of sp³-hybridized carbons (Fsp3) is 0.538. The molecule has 2 heterocycles. The standard InChI is InChI=1S/C13H19ClN4O2/c1-13(20-2)4-3-5-18(8-13)12(19)9-6-10(14)16-11(7-9)17-15/h6-7H,3-5,8,15H2,1-2H3,(H,16,17). The molecule has 3 N–H and O–H groups in total. The second-order valence-corrected chi connectivity index (χ2v) is 5.58. The molecular weight excluding hydrogens is 280 g/mol. The Labute approximate surface area is 123 Å². The van der Waals surface area contributed by atoms with Gasteiger partial charge in [0.1, 0.15) is 11.0 Å². The molecule has 7 heteroatoms. The highest BCUT2D eigenvalue weighted by Gasteiger charge is 2.33. The number of likely N-dealkylation sites (tertiary alicyclic amines) is 1. The Hall–Kier alpha value is -1.37. The van der Waals surface area contributed by atoms with Gasteiger partial charge in [-0.2, -0.15) is 0 Å². The second-order valence-electron chi connectivity index (χ2n) is 5.19. The van der Waals surface area contributed by atoms with Crippen molar-refractivity contribution < 1.29 is 9.53 Å². The Bertz CT molecular complexity index is 511. The van der Waals surface area contributed by atoms with Gasteiger partial charge in [-0.3, -0.25) is 4.79 Å². The SMILES string of the molecule is COC1(C)CCCN(C(=O)c2cc(Cl)nc(NN)c2)C1. The maximum atomic E-state index is 12.5. The number of methoxy groups -OCH3 is 1. The van der Waals surface area contributed by atoms with Crippen molar-refractivity contribution in [3.05, 3.63) is 22.8 Å². The molecule has 0 aliphatic carbocycles. The van der Waals surface area contributed by atoms with Gasteiger partial charge < -0.3 is 15.1 Å². The topological polar surface area (TPSA) is 80.5 Å². The summed E-state index contributed by atoms with van der Waals surface area (Å²) in [7, 11) is 1.67. The summed E-state index contributed by atoms with van der Waals surface area (Å²) >= 11 is 5.89.